The average Bonchev–Trinajstić information content (AvgIpc) is 3.49. The molecule has 30 heavy (non-hydrogen) atoms. The van der Waals surface area contributed by atoms with Crippen molar-refractivity contribution >= 4 is 23.8 Å². The first-order valence-corrected chi connectivity index (χ1v) is 9.87. The molecule has 0 unspecified atom stereocenters. The topological polar surface area (TPSA) is 111 Å². The Bertz CT molecular complexity index is 1100. The number of amides is 1. The van der Waals surface area contributed by atoms with Crippen molar-refractivity contribution in [2.24, 2.45) is 0 Å². The van der Waals surface area contributed by atoms with E-state index in [1.165, 1.54) is 6.34 Å². The van der Waals surface area contributed by atoms with E-state index < -0.39 is 0 Å². The number of benzene rings is 1. The van der Waals surface area contributed by atoms with E-state index >= 15 is 0 Å². The lowest BCUT2D eigenvalue weighted by Crippen LogP contribution is -2.31. The van der Waals surface area contributed by atoms with Gasteiger partial charge < -0.3 is 14.8 Å². The number of anilines is 1. The summed E-state index contributed by atoms with van der Waals surface area (Å²) in [6.45, 7) is 2.04. The van der Waals surface area contributed by atoms with Crippen molar-refractivity contribution in [1.82, 2.24) is 19.4 Å². The van der Waals surface area contributed by atoms with E-state index in [1.807, 2.05) is 23.8 Å². The highest BCUT2D eigenvalue weighted by molar-refractivity contribution is 6.06. The molecular formula is C22H23N7O. The summed E-state index contributed by atoms with van der Waals surface area (Å²) < 4.78 is 1.86. The Hall–Kier alpha value is -3.81. The van der Waals surface area contributed by atoms with Crippen LogP contribution >= 0.6 is 0 Å². The van der Waals surface area contributed by atoms with Gasteiger partial charge in [-0.3, -0.25) is 20.6 Å². The number of nitrogens with zero attached hydrogens (tertiary/aromatic N) is 4. The van der Waals surface area contributed by atoms with E-state index in [2.05, 4.69) is 15.3 Å². The van der Waals surface area contributed by atoms with Gasteiger partial charge in [0.2, 0.25) is 0 Å². The van der Waals surface area contributed by atoms with E-state index in [4.69, 9.17) is 10.8 Å². The quantitative estimate of drug-likeness (QED) is 0.416. The Labute approximate surface area is 174 Å². The number of imidazole rings is 1. The second kappa shape index (κ2) is 8.28. The summed E-state index contributed by atoms with van der Waals surface area (Å²) in [5.74, 6) is -0.0713. The third-order valence-corrected chi connectivity index (χ3v) is 5.00. The monoisotopic (exact) mass is 401 g/mol. The van der Waals surface area contributed by atoms with Crippen LogP contribution in [0.4, 0.5) is 5.69 Å². The summed E-state index contributed by atoms with van der Waals surface area (Å²) >= 11 is 0. The first kappa shape index (κ1) is 19.5. The molecule has 3 aromatic rings. The average molecular weight is 401 g/mol. The van der Waals surface area contributed by atoms with E-state index in [-0.39, 0.29) is 17.8 Å². The molecule has 3 N–H and O–H groups in total. The van der Waals surface area contributed by atoms with Gasteiger partial charge in [-0.2, -0.15) is 0 Å². The second-order valence-electron chi connectivity index (χ2n) is 7.18. The number of aromatic nitrogens is 3. The molecule has 0 spiro atoms. The highest BCUT2D eigenvalue weighted by Crippen LogP contribution is 2.27. The summed E-state index contributed by atoms with van der Waals surface area (Å²) in [6.07, 6.45) is 9.27. The second-order valence-corrected chi connectivity index (χ2v) is 7.18. The zero-order chi connectivity index (χ0) is 21.1. The smallest absolute Gasteiger partial charge is 0.274 e. The molecule has 0 bridgehead atoms. The number of amidine groups is 1. The number of nitrogens with one attached hydrogen (secondary N) is 3. The Morgan fingerprint density at radius 1 is 1.30 bits per heavy atom. The zero-order valence-corrected chi connectivity index (χ0v) is 16.7. The Morgan fingerprint density at radius 2 is 2.13 bits per heavy atom. The summed E-state index contributed by atoms with van der Waals surface area (Å²) in [7, 11) is 0. The van der Waals surface area contributed by atoms with Crippen LogP contribution < -0.4 is 5.32 Å². The van der Waals surface area contributed by atoms with Crippen molar-refractivity contribution in [3.63, 3.8) is 0 Å². The van der Waals surface area contributed by atoms with E-state index in [0.29, 0.717) is 16.9 Å². The van der Waals surface area contributed by atoms with Crippen LogP contribution in [0, 0.1) is 10.8 Å². The van der Waals surface area contributed by atoms with Gasteiger partial charge in [-0.25, -0.2) is 4.98 Å². The number of carbonyl (C=O) groups is 1. The van der Waals surface area contributed by atoms with Crippen LogP contribution in [0.25, 0.3) is 5.69 Å². The summed E-state index contributed by atoms with van der Waals surface area (Å²) in [4.78, 5) is 22.9. The summed E-state index contributed by atoms with van der Waals surface area (Å²) in [5, 5.41) is 18.8. The molecule has 152 valence electrons. The molecule has 8 nitrogen and oxygen atoms in total. The number of carbonyl (C=O) groups excluding carboxylic acids is 1. The zero-order valence-electron chi connectivity index (χ0n) is 16.7. The van der Waals surface area contributed by atoms with Crippen molar-refractivity contribution in [2.75, 3.05) is 5.32 Å². The third kappa shape index (κ3) is 4.12. The molecule has 1 aromatic carbocycles. The highest BCUT2D eigenvalue weighted by atomic mass is 16.1. The largest absolute Gasteiger partial charge is 0.321 e. The number of hydrogen-bond acceptors (Lipinski definition) is 5. The number of pyridine rings is 1. The van der Waals surface area contributed by atoms with Gasteiger partial charge in [-0.05, 0) is 43.5 Å². The Morgan fingerprint density at radius 3 is 2.83 bits per heavy atom. The van der Waals surface area contributed by atoms with Gasteiger partial charge in [-0.1, -0.05) is 19.1 Å². The fraction of sp³-hybridized carbons (Fsp3) is 0.227. The molecule has 8 heteroatoms. The maximum absolute atomic E-state index is 12.7. The molecule has 0 radical (unpaired) electrons. The SMILES string of the molecule is CCc1cn(-c2ccnc(C(=O)Nc3cccc(C(=N)N(C=N)C4CC4)c3)c2)cn1. The van der Waals surface area contributed by atoms with Crippen LogP contribution in [0.2, 0.25) is 0 Å². The third-order valence-electron chi connectivity index (χ3n) is 5.00. The van der Waals surface area contributed by atoms with Gasteiger partial charge in [0.15, 0.2) is 0 Å². The fourth-order valence-corrected chi connectivity index (χ4v) is 3.19. The van der Waals surface area contributed by atoms with Gasteiger partial charge in [0, 0.05) is 29.7 Å². The first-order valence-electron chi connectivity index (χ1n) is 9.87. The molecule has 1 fully saturated rings. The molecule has 1 aliphatic carbocycles. The summed E-state index contributed by atoms with van der Waals surface area (Å²) in [5.41, 5.74) is 3.30. The van der Waals surface area contributed by atoms with Crippen molar-refractivity contribution in [3.8, 4) is 5.69 Å². The van der Waals surface area contributed by atoms with Crippen LogP contribution in [0.5, 0.6) is 0 Å². The van der Waals surface area contributed by atoms with Gasteiger partial charge in [0.25, 0.3) is 5.91 Å². The van der Waals surface area contributed by atoms with E-state index in [0.717, 1.165) is 30.6 Å². The van der Waals surface area contributed by atoms with Crippen LogP contribution in [0.3, 0.4) is 0 Å². The molecule has 2 aromatic heterocycles. The minimum Gasteiger partial charge on any atom is -0.321 e. The molecule has 0 aliphatic heterocycles. The molecule has 1 saturated carbocycles. The van der Waals surface area contributed by atoms with Gasteiger partial charge in [0.05, 0.1) is 24.0 Å². The van der Waals surface area contributed by atoms with Gasteiger partial charge in [-0.15, -0.1) is 0 Å². The standard InChI is InChI=1S/C22H23N7O/c1-2-16-12-28(14-26-16)19-8-9-25-20(11-19)22(30)27-17-5-3-4-15(10-17)21(24)29(13-23)18-6-7-18/h3-5,8-14,18,23-24H,2,6-7H2,1H3,(H,27,30). The van der Waals surface area contributed by atoms with Crippen molar-refractivity contribution < 1.29 is 4.79 Å². The van der Waals surface area contributed by atoms with Crippen LogP contribution in [0.15, 0.2) is 55.1 Å². The predicted molar refractivity (Wildman–Crippen MR) is 116 cm³/mol. The highest BCUT2D eigenvalue weighted by Gasteiger charge is 2.30. The molecule has 4 rings (SSSR count). The lowest BCUT2D eigenvalue weighted by atomic mass is 10.1. The maximum atomic E-state index is 12.7. The minimum atomic E-state index is -0.331. The Kier molecular flexibility index (Phi) is 5.38. The molecule has 0 saturated heterocycles. The fourth-order valence-electron chi connectivity index (χ4n) is 3.19. The maximum Gasteiger partial charge on any atom is 0.274 e. The van der Waals surface area contributed by atoms with E-state index in [9.17, 15) is 4.79 Å². The summed E-state index contributed by atoms with van der Waals surface area (Å²) in [6, 6.07) is 10.9. The van der Waals surface area contributed by atoms with Crippen molar-refractivity contribution in [2.45, 2.75) is 32.2 Å². The van der Waals surface area contributed by atoms with Crippen LogP contribution in [-0.2, 0) is 6.42 Å². The lowest BCUT2D eigenvalue weighted by molar-refractivity contribution is 0.102. The predicted octanol–water partition coefficient (Wildman–Crippen LogP) is 3.48. The number of hydrogen-bond donors (Lipinski definition) is 3. The normalized spacial score (nSPS) is 13.0. The van der Waals surface area contributed by atoms with E-state index in [1.54, 1.807) is 47.8 Å². The van der Waals surface area contributed by atoms with Crippen LogP contribution in [-0.4, -0.2) is 43.6 Å². The Balaban J connectivity index is 1.51. The van der Waals surface area contributed by atoms with Crippen molar-refractivity contribution in [1.29, 1.82) is 10.8 Å². The molecule has 1 amide bonds. The van der Waals surface area contributed by atoms with Gasteiger partial charge in [0.1, 0.15) is 11.5 Å². The number of rotatable bonds is 7. The van der Waals surface area contributed by atoms with Gasteiger partial charge >= 0.3 is 0 Å². The molecular weight excluding hydrogens is 378 g/mol. The molecule has 0 atom stereocenters. The first-order chi connectivity index (χ1) is 14.6. The molecule has 1 aliphatic rings. The van der Waals surface area contributed by atoms with Crippen molar-refractivity contribution in [3.05, 3.63) is 72.1 Å². The lowest BCUT2D eigenvalue weighted by Gasteiger charge is -2.19. The molecule has 2 heterocycles. The number of aryl methyl sites for hydroxylation is 1. The van der Waals surface area contributed by atoms with Crippen LogP contribution in [0.1, 0.15) is 41.5 Å². The minimum absolute atomic E-state index is 0.233.